The van der Waals surface area contributed by atoms with E-state index in [1.54, 1.807) is 20.8 Å². The number of nitro groups is 2. The summed E-state index contributed by atoms with van der Waals surface area (Å²) >= 11 is 1.09. The monoisotopic (exact) mass is 711 g/mol. The third-order valence-corrected chi connectivity index (χ3v) is 9.40. The number of non-ortho nitro benzene ring substituents is 2. The molecule has 2 fully saturated rings. The van der Waals surface area contributed by atoms with Crippen LogP contribution in [-0.4, -0.2) is 84.2 Å². The smallest absolute Gasteiger partial charge is 0.435 e. The van der Waals surface area contributed by atoms with Crippen molar-refractivity contribution in [2.75, 3.05) is 13.1 Å². The van der Waals surface area contributed by atoms with E-state index in [0.717, 1.165) is 11.8 Å². The van der Waals surface area contributed by atoms with Crippen LogP contribution in [0.15, 0.2) is 64.8 Å². The Morgan fingerprint density at radius 2 is 1.50 bits per heavy atom. The molecule has 2 heterocycles. The summed E-state index contributed by atoms with van der Waals surface area (Å²) < 4.78 is 10.6. The number of aliphatic hydroxyl groups excluding tert-OH is 1. The van der Waals surface area contributed by atoms with Gasteiger partial charge in [-0.25, -0.2) is 9.59 Å². The second-order valence-electron chi connectivity index (χ2n) is 12.1. The lowest BCUT2D eigenvalue weighted by Crippen LogP contribution is -2.65. The fourth-order valence-electron chi connectivity index (χ4n) is 5.68. The number of β-lactam (4-membered cyclic amide) rings is 1. The van der Waals surface area contributed by atoms with E-state index in [4.69, 9.17) is 9.47 Å². The molecule has 4 rings (SSSR count). The van der Waals surface area contributed by atoms with Crippen LogP contribution in [0.25, 0.3) is 0 Å². The van der Waals surface area contributed by atoms with Gasteiger partial charge in [0.2, 0.25) is 5.91 Å². The van der Waals surface area contributed by atoms with Gasteiger partial charge in [0.05, 0.1) is 27.9 Å². The number of thioether (sulfide) groups is 1. The molecule has 50 heavy (non-hydrogen) atoms. The van der Waals surface area contributed by atoms with Crippen molar-refractivity contribution in [3.8, 4) is 0 Å². The fraction of sp³-hybridized carbons (Fsp3) is 0.424. The normalized spacial score (nSPS) is 19.3. The number of benzene rings is 2. The molecule has 2 amide bonds. The first-order valence-corrected chi connectivity index (χ1v) is 16.5. The van der Waals surface area contributed by atoms with Gasteiger partial charge in [0.1, 0.15) is 24.7 Å². The van der Waals surface area contributed by atoms with Gasteiger partial charge in [0, 0.05) is 49.0 Å². The van der Waals surface area contributed by atoms with Gasteiger partial charge < -0.3 is 24.4 Å². The Morgan fingerprint density at radius 3 is 2.00 bits per heavy atom. The number of carbonyl (C=O) groups is 4. The Bertz CT molecular complexity index is 1710. The third-order valence-electron chi connectivity index (χ3n) is 8.25. The number of carbonyl (C=O) groups excluding carboxylic acids is 4. The fourth-order valence-corrected chi connectivity index (χ4v) is 6.80. The molecular formula is C33H37N5O11S. The van der Waals surface area contributed by atoms with E-state index in [1.165, 1.54) is 60.4 Å². The van der Waals surface area contributed by atoms with Crippen molar-refractivity contribution in [1.82, 2.24) is 9.80 Å². The largest absolute Gasteiger partial charge is 0.456 e. The SMILES string of the molecule is CC(=NC(=O)OCc1ccc([N+](=O)[O-])cc1)N1CC[C@H](SC(=O)C[C@@H]2[C@@H]([C@@H](C)O)C(=O)N2C(C(=O)OCc2ccc([N+](=O)[O-])cc2)=C(C)C)C1. The Labute approximate surface area is 291 Å². The maximum atomic E-state index is 13.3. The van der Waals surface area contributed by atoms with E-state index in [-0.39, 0.29) is 47.1 Å². The van der Waals surface area contributed by atoms with Crippen LogP contribution >= 0.6 is 11.8 Å². The van der Waals surface area contributed by atoms with Crippen LogP contribution in [0.1, 0.15) is 51.7 Å². The summed E-state index contributed by atoms with van der Waals surface area (Å²) in [5.74, 6) is -1.81. The van der Waals surface area contributed by atoms with Gasteiger partial charge in [-0.05, 0) is 75.1 Å². The van der Waals surface area contributed by atoms with Crippen molar-refractivity contribution in [3.05, 3.63) is 91.2 Å². The minimum atomic E-state index is -1.07. The van der Waals surface area contributed by atoms with E-state index in [2.05, 4.69) is 4.99 Å². The van der Waals surface area contributed by atoms with Crippen molar-refractivity contribution in [2.45, 2.75) is 71.1 Å². The molecule has 1 N–H and O–H groups in total. The number of amidine groups is 1. The highest BCUT2D eigenvalue weighted by Gasteiger charge is 2.53. The predicted octanol–water partition coefficient (Wildman–Crippen LogP) is 4.53. The molecule has 0 spiro atoms. The summed E-state index contributed by atoms with van der Waals surface area (Å²) in [5.41, 5.74) is 1.31. The van der Waals surface area contributed by atoms with Gasteiger partial charge in [-0.3, -0.25) is 29.8 Å². The Morgan fingerprint density at radius 1 is 0.960 bits per heavy atom. The van der Waals surface area contributed by atoms with Gasteiger partial charge in [0.15, 0.2) is 5.12 Å². The highest BCUT2D eigenvalue weighted by atomic mass is 32.2. The van der Waals surface area contributed by atoms with Crippen molar-refractivity contribution < 1.29 is 43.6 Å². The number of nitro benzene ring substituents is 2. The molecule has 0 aliphatic carbocycles. The number of esters is 1. The number of nitrogens with zero attached hydrogens (tertiary/aromatic N) is 5. The van der Waals surface area contributed by atoms with Crippen LogP contribution in [0.2, 0.25) is 0 Å². The molecule has 2 aromatic rings. The van der Waals surface area contributed by atoms with Gasteiger partial charge in [-0.1, -0.05) is 11.8 Å². The zero-order chi connectivity index (χ0) is 36.7. The maximum Gasteiger partial charge on any atom is 0.435 e. The molecule has 17 heteroatoms. The van der Waals surface area contributed by atoms with Crippen LogP contribution < -0.4 is 0 Å². The van der Waals surface area contributed by atoms with Crippen LogP contribution in [-0.2, 0) is 37.1 Å². The first kappa shape index (κ1) is 37.7. The molecule has 0 radical (unpaired) electrons. The Balaban J connectivity index is 1.32. The topological polar surface area (TPSA) is 212 Å². The van der Waals surface area contributed by atoms with Gasteiger partial charge >= 0.3 is 12.1 Å². The Hall–Kier alpha value is -5.16. The van der Waals surface area contributed by atoms with Crippen molar-refractivity contribution in [1.29, 1.82) is 0 Å². The number of rotatable bonds is 12. The molecule has 16 nitrogen and oxygen atoms in total. The summed E-state index contributed by atoms with van der Waals surface area (Å²) in [7, 11) is 0. The minimum Gasteiger partial charge on any atom is -0.456 e. The number of ether oxygens (including phenoxy) is 2. The molecule has 4 atom stereocenters. The van der Waals surface area contributed by atoms with E-state index >= 15 is 0 Å². The Kier molecular flexibility index (Phi) is 12.4. The third kappa shape index (κ3) is 9.29. The number of aliphatic imine (C=N–C) groups is 1. The van der Waals surface area contributed by atoms with Crippen molar-refractivity contribution in [3.63, 3.8) is 0 Å². The molecular weight excluding hydrogens is 674 g/mol. The summed E-state index contributed by atoms with van der Waals surface area (Å²) in [6.45, 7) is 6.99. The molecule has 266 valence electrons. The minimum absolute atomic E-state index is 0.0315. The highest BCUT2D eigenvalue weighted by molar-refractivity contribution is 8.14. The van der Waals surface area contributed by atoms with Crippen molar-refractivity contribution >= 4 is 52.1 Å². The summed E-state index contributed by atoms with van der Waals surface area (Å²) in [5, 5.41) is 31.7. The molecule has 2 aliphatic heterocycles. The first-order valence-electron chi connectivity index (χ1n) is 15.6. The zero-order valence-corrected chi connectivity index (χ0v) is 28.7. The lowest BCUT2D eigenvalue weighted by Gasteiger charge is -2.48. The van der Waals surface area contributed by atoms with E-state index < -0.39 is 45.9 Å². The lowest BCUT2D eigenvalue weighted by atomic mass is 9.80. The van der Waals surface area contributed by atoms with Crippen LogP contribution in [0, 0.1) is 26.1 Å². The van der Waals surface area contributed by atoms with Gasteiger partial charge in [0.25, 0.3) is 11.4 Å². The standard InChI is InChI=1S/C33H37N5O11S/c1-19(2)30(32(42)48-17-22-5-9-24(10-6-22)37(44)45)36-27(29(20(3)39)31(36)41)15-28(40)50-26-13-14-35(16-26)21(4)34-33(43)49-18-23-7-11-25(12-8-23)38(46)47/h5-12,20,26-27,29,39H,13-18H2,1-4H3/t20-,26+,27-,29-/m1/s1. The molecule has 2 aromatic carbocycles. The van der Waals surface area contributed by atoms with Crippen LogP contribution in [0.4, 0.5) is 16.2 Å². The average Bonchev–Trinajstić information content (AvgIpc) is 3.53. The number of allylic oxidation sites excluding steroid dienone is 1. The van der Waals surface area contributed by atoms with E-state index in [1.807, 2.05) is 4.90 Å². The van der Waals surface area contributed by atoms with Crippen LogP contribution in [0.5, 0.6) is 0 Å². The summed E-state index contributed by atoms with van der Waals surface area (Å²) in [6, 6.07) is 10.3. The highest BCUT2D eigenvalue weighted by Crippen LogP contribution is 2.39. The summed E-state index contributed by atoms with van der Waals surface area (Å²) in [4.78, 5) is 79.7. The molecule has 0 bridgehead atoms. The number of amides is 2. The van der Waals surface area contributed by atoms with Crippen LogP contribution in [0.3, 0.4) is 0 Å². The zero-order valence-electron chi connectivity index (χ0n) is 27.8. The van der Waals surface area contributed by atoms with E-state index in [0.29, 0.717) is 42.0 Å². The number of hydrogen-bond acceptors (Lipinski definition) is 12. The second kappa shape index (κ2) is 16.5. The van der Waals surface area contributed by atoms with Crippen molar-refractivity contribution in [2.24, 2.45) is 10.9 Å². The number of aliphatic hydroxyl groups is 1. The second-order valence-corrected chi connectivity index (χ2v) is 13.4. The molecule has 0 saturated carbocycles. The molecule has 0 unspecified atom stereocenters. The van der Waals surface area contributed by atoms with Gasteiger partial charge in [-0.2, -0.15) is 4.99 Å². The maximum absolute atomic E-state index is 13.3. The molecule has 2 aliphatic rings. The van der Waals surface area contributed by atoms with E-state index in [9.17, 15) is 44.5 Å². The number of likely N-dealkylation sites (tertiary alicyclic amines) is 2. The predicted molar refractivity (Wildman–Crippen MR) is 181 cm³/mol. The molecule has 2 saturated heterocycles. The summed E-state index contributed by atoms with van der Waals surface area (Å²) in [6.07, 6.45) is -1.41. The average molecular weight is 712 g/mol. The number of hydrogen-bond donors (Lipinski definition) is 1. The first-order chi connectivity index (χ1) is 23.7. The quantitative estimate of drug-likeness (QED) is 0.0611. The molecule has 0 aromatic heterocycles. The lowest BCUT2D eigenvalue weighted by molar-refractivity contribution is -0.385. The van der Waals surface area contributed by atoms with Gasteiger partial charge in [-0.15, -0.1) is 0 Å².